The van der Waals surface area contributed by atoms with Crippen molar-refractivity contribution in [2.75, 3.05) is 13.7 Å². The van der Waals surface area contributed by atoms with E-state index in [1.54, 1.807) is 7.11 Å². The monoisotopic (exact) mass is 130 g/mol. The fourth-order valence-corrected chi connectivity index (χ4v) is 1.15. The second-order valence-corrected chi connectivity index (χ2v) is 3.76. The summed E-state index contributed by atoms with van der Waals surface area (Å²) in [5.41, 5.74) is 2.28. The molecule has 0 fully saturated rings. The molecule has 0 aliphatic carbocycles. The van der Waals surface area contributed by atoms with Crippen molar-refractivity contribution in [3.8, 4) is 0 Å². The molecular weight excluding hydrogens is 116 g/mol. The molecule has 0 bridgehead atoms. The van der Waals surface area contributed by atoms with Crippen LogP contribution in [0.5, 0.6) is 0 Å². The first-order valence-corrected chi connectivity index (χ1v) is 4.87. The van der Waals surface area contributed by atoms with Crippen molar-refractivity contribution in [3.63, 3.8) is 0 Å². The van der Waals surface area contributed by atoms with Gasteiger partial charge in [-0.15, -0.1) is 5.70 Å². The van der Waals surface area contributed by atoms with Gasteiger partial charge in [-0.1, -0.05) is 19.0 Å². The number of rotatable bonds is 4. The third kappa shape index (κ3) is 5.92. The third-order valence-electron chi connectivity index (χ3n) is 0.885. The quantitative estimate of drug-likeness (QED) is 0.510. The predicted octanol–water partition coefficient (Wildman–Crippen LogP) is 0.753. The van der Waals surface area contributed by atoms with E-state index >= 15 is 0 Å². The molecule has 0 rings (SSSR count). The first-order chi connectivity index (χ1) is 3.91. The normalized spacial score (nSPS) is 12.2. The van der Waals surface area contributed by atoms with Crippen LogP contribution in [0.1, 0.15) is 6.92 Å². The minimum Gasteiger partial charge on any atom is -0.381 e. The van der Waals surface area contributed by atoms with Crippen molar-refractivity contribution in [2.24, 2.45) is 0 Å². The fourth-order valence-electron chi connectivity index (χ4n) is 0.449. The zero-order valence-electron chi connectivity index (χ0n) is 5.68. The Kier molecular flexibility index (Phi) is 6.85. The maximum atomic E-state index is 4.82. The maximum absolute atomic E-state index is 4.82. The molecule has 0 aliphatic heterocycles. The van der Waals surface area contributed by atoms with Gasteiger partial charge in [-0.25, -0.2) is 0 Å². The highest BCUT2D eigenvalue weighted by molar-refractivity contribution is 6.41. The average molecular weight is 130 g/mol. The van der Waals surface area contributed by atoms with E-state index in [1.165, 1.54) is 6.04 Å². The first kappa shape index (κ1) is 7.92. The van der Waals surface area contributed by atoms with E-state index in [2.05, 4.69) is 18.7 Å². The Morgan fingerprint density at radius 3 is 2.88 bits per heavy atom. The Bertz CT molecular complexity index is 53.5. The SMILES string of the molecule is CC[SiH2]C=CCOC. The zero-order valence-corrected chi connectivity index (χ0v) is 7.10. The van der Waals surface area contributed by atoms with Gasteiger partial charge in [0.2, 0.25) is 0 Å². The van der Waals surface area contributed by atoms with E-state index in [0.717, 1.165) is 6.61 Å². The summed E-state index contributed by atoms with van der Waals surface area (Å²) in [4.78, 5) is 0. The van der Waals surface area contributed by atoms with E-state index in [1.807, 2.05) is 0 Å². The molecule has 0 aromatic heterocycles. The van der Waals surface area contributed by atoms with Crippen LogP contribution in [0.25, 0.3) is 0 Å². The van der Waals surface area contributed by atoms with Gasteiger partial charge in [0, 0.05) is 16.6 Å². The summed E-state index contributed by atoms with van der Waals surface area (Å²) in [5.74, 6) is 0. The summed E-state index contributed by atoms with van der Waals surface area (Å²) in [6.07, 6.45) is 2.11. The minimum atomic E-state index is 0.141. The highest BCUT2D eigenvalue weighted by Gasteiger charge is 1.72. The largest absolute Gasteiger partial charge is 0.381 e. The molecule has 2 heteroatoms. The number of hydrogen-bond acceptors (Lipinski definition) is 1. The van der Waals surface area contributed by atoms with Crippen LogP contribution in [0.4, 0.5) is 0 Å². The van der Waals surface area contributed by atoms with E-state index < -0.39 is 0 Å². The average Bonchev–Trinajstić information content (AvgIpc) is 1.81. The van der Waals surface area contributed by atoms with Crippen LogP contribution in [-0.2, 0) is 4.74 Å². The third-order valence-corrected chi connectivity index (χ3v) is 2.13. The molecule has 1 nitrogen and oxygen atoms in total. The number of ether oxygens (including phenoxy) is 1. The molecule has 8 heavy (non-hydrogen) atoms. The molecule has 0 atom stereocenters. The van der Waals surface area contributed by atoms with Crippen LogP contribution in [0.3, 0.4) is 0 Å². The van der Waals surface area contributed by atoms with Gasteiger partial charge in [0.15, 0.2) is 0 Å². The molecule has 0 saturated carbocycles. The topological polar surface area (TPSA) is 9.23 Å². The lowest BCUT2D eigenvalue weighted by molar-refractivity contribution is 0.234. The van der Waals surface area contributed by atoms with Crippen LogP contribution in [0, 0.1) is 0 Å². The smallest absolute Gasteiger partial charge is 0.0639 e. The molecule has 0 heterocycles. The van der Waals surface area contributed by atoms with E-state index in [4.69, 9.17) is 4.74 Å². The van der Waals surface area contributed by atoms with Gasteiger partial charge in [-0.3, -0.25) is 0 Å². The van der Waals surface area contributed by atoms with Gasteiger partial charge >= 0.3 is 0 Å². The summed E-state index contributed by atoms with van der Waals surface area (Å²) >= 11 is 0. The lowest BCUT2D eigenvalue weighted by Gasteiger charge is -1.85. The van der Waals surface area contributed by atoms with E-state index in [0.29, 0.717) is 0 Å². The van der Waals surface area contributed by atoms with Crippen LogP contribution in [-0.4, -0.2) is 23.2 Å². The molecule has 0 unspecified atom stereocenters. The summed E-state index contributed by atoms with van der Waals surface area (Å²) in [6, 6.07) is 1.36. The van der Waals surface area contributed by atoms with Crippen LogP contribution in [0.15, 0.2) is 11.8 Å². The second-order valence-electron chi connectivity index (χ2n) is 1.72. The molecule has 48 valence electrons. The lowest BCUT2D eigenvalue weighted by Crippen LogP contribution is -1.83. The molecule has 0 aromatic carbocycles. The maximum Gasteiger partial charge on any atom is 0.0639 e. The van der Waals surface area contributed by atoms with Crippen molar-refractivity contribution >= 4 is 9.52 Å². The van der Waals surface area contributed by atoms with Gasteiger partial charge in [0.25, 0.3) is 0 Å². The first-order valence-electron chi connectivity index (χ1n) is 3.05. The molecule has 0 radical (unpaired) electrons. The van der Waals surface area contributed by atoms with Crippen molar-refractivity contribution < 1.29 is 4.74 Å². The van der Waals surface area contributed by atoms with Crippen molar-refractivity contribution in [1.82, 2.24) is 0 Å². The molecule has 0 saturated heterocycles. The number of hydrogen-bond donors (Lipinski definition) is 0. The highest BCUT2D eigenvalue weighted by Crippen LogP contribution is 1.76. The molecule has 0 amide bonds. The van der Waals surface area contributed by atoms with Crippen molar-refractivity contribution in [1.29, 1.82) is 0 Å². The second kappa shape index (κ2) is 6.92. The lowest BCUT2D eigenvalue weighted by atomic mass is 10.7. The van der Waals surface area contributed by atoms with Gasteiger partial charge in [-0.05, 0) is 0 Å². The van der Waals surface area contributed by atoms with Gasteiger partial charge in [0.1, 0.15) is 0 Å². The zero-order chi connectivity index (χ0) is 6.24. The molecule has 0 N–H and O–H groups in total. The fraction of sp³-hybridized carbons (Fsp3) is 0.667. The molecule has 0 aliphatic rings. The van der Waals surface area contributed by atoms with Gasteiger partial charge in [0.05, 0.1) is 6.61 Å². The van der Waals surface area contributed by atoms with Gasteiger partial charge in [-0.2, -0.15) is 0 Å². The van der Waals surface area contributed by atoms with Crippen LogP contribution in [0.2, 0.25) is 6.04 Å². The van der Waals surface area contributed by atoms with Crippen LogP contribution < -0.4 is 0 Å². The van der Waals surface area contributed by atoms with E-state index in [9.17, 15) is 0 Å². The minimum absolute atomic E-state index is 0.141. The predicted molar refractivity (Wildman–Crippen MR) is 40.0 cm³/mol. The Hall–Kier alpha value is -0.0831. The highest BCUT2D eigenvalue weighted by atomic mass is 28.2. The standard InChI is InChI=1S/C6H14OSi/c1-3-8-6-4-5-7-2/h4,6H,3,5,8H2,1-2H3. The summed E-state index contributed by atoms with van der Waals surface area (Å²) in [5, 5.41) is 0. The summed E-state index contributed by atoms with van der Waals surface area (Å²) in [6.45, 7) is 3.01. The van der Waals surface area contributed by atoms with E-state index in [-0.39, 0.29) is 9.52 Å². The van der Waals surface area contributed by atoms with Crippen LogP contribution >= 0.6 is 0 Å². The molecule has 0 aromatic rings. The Morgan fingerprint density at radius 2 is 2.38 bits per heavy atom. The van der Waals surface area contributed by atoms with Gasteiger partial charge < -0.3 is 4.74 Å². The molecular formula is C6H14OSi. The van der Waals surface area contributed by atoms with Crippen molar-refractivity contribution in [2.45, 2.75) is 13.0 Å². The Morgan fingerprint density at radius 1 is 1.62 bits per heavy atom. The number of methoxy groups -OCH3 is 1. The summed E-state index contributed by atoms with van der Waals surface area (Å²) < 4.78 is 4.82. The molecule has 0 spiro atoms. The summed E-state index contributed by atoms with van der Waals surface area (Å²) in [7, 11) is 1.86. The van der Waals surface area contributed by atoms with Crippen molar-refractivity contribution in [3.05, 3.63) is 11.8 Å². The Balaban J connectivity index is 2.83. The Labute approximate surface area is 53.6 Å².